The number of amides is 1. The average molecular weight is 422 g/mol. The summed E-state index contributed by atoms with van der Waals surface area (Å²) in [7, 11) is 0. The molecule has 1 amide bonds. The molecule has 0 saturated carbocycles. The van der Waals surface area contributed by atoms with Gasteiger partial charge >= 0.3 is 5.97 Å². The molecule has 6 nitrogen and oxygen atoms in total. The first kappa shape index (κ1) is 22.1. The normalized spacial score (nSPS) is 41.0. The third-order valence-corrected chi connectivity index (χ3v) is 6.50. The van der Waals surface area contributed by atoms with Gasteiger partial charge in [-0.2, -0.15) is 0 Å². The fourth-order valence-electron chi connectivity index (χ4n) is 3.96. The highest BCUT2D eigenvalue weighted by atomic mass is 32.2. The number of allylic oxidation sites excluding steroid dienone is 5. The number of thioether (sulfide) groups is 1. The van der Waals surface area contributed by atoms with Crippen molar-refractivity contribution in [3.05, 3.63) is 36.0 Å². The smallest absolute Gasteiger partial charge is 0.330 e. The van der Waals surface area contributed by atoms with Crippen LogP contribution in [-0.2, 0) is 14.3 Å². The summed E-state index contributed by atoms with van der Waals surface area (Å²) >= 11 is 1.14. The molecule has 2 N–H and O–H groups in total. The van der Waals surface area contributed by atoms with Crippen molar-refractivity contribution in [1.82, 2.24) is 5.32 Å². The Hall–Kier alpha value is -1.57. The Kier molecular flexibility index (Phi) is 7.60. The first-order valence-electron chi connectivity index (χ1n) is 10.4. The number of nitrogens with one attached hydrogen (secondary N) is 1. The van der Waals surface area contributed by atoms with E-state index in [1.54, 1.807) is 0 Å². The van der Waals surface area contributed by atoms with E-state index in [0.717, 1.165) is 43.0 Å². The zero-order valence-corrected chi connectivity index (χ0v) is 18.0. The first-order chi connectivity index (χ1) is 13.8. The maximum absolute atomic E-state index is 12.4. The third kappa shape index (κ3) is 6.46. The highest BCUT2D eigenvalue weighted by Gasteiger charge is 2.49. The lowest BCUT2D eigenvalue weighted by atomic mass is 9.90. The van der Waals surface area contributed by atoms with Gasteiger partial charge in [-0.15, -0.1) is 0 Å². The minimum absolute atomic E-state index is 0.159. The number of aliphatic hydroxyl groups is 1. The van der Waals surface area contributed by atoms with E-state index in [2.05, 4.69) is 30.5 Å². The summed E-state index contributed by atoms with van der Waals surface area (Å²) in [6.07, 6.45) is 13.2. The van der Waals surface area contributed by atoms with Crippen molar-refractivity contribution in [2.75, 3.05) is 5.75 Å². The van der Waals surface area contributed by atoms with E-state index < -0.39 is 17.9 Å². The fraction of sp³-hybridized carbons (Fsp3) is 0.636. The zero-order valence-electron chi connectivity index (χ0n) is 17.1. The molecule has 29 heavy (non-hydrogen) atoms. The van der Waals surface area contributed by atoms with E-state index in [-0.39, 0.29) is 23.7 Å². The van der Waals surface area contributed by atoms with Crippen molar-refractivity contribution < 1.29 is 24.2 Å². The quantitative estimate of drug-likeness (QED) is 0.626. The van der Waals surface area contributed by atoms with Gasteiger partial charge in [0.15, 0.2) is 5.79 Å². The van der Waals surface area contributed by atoms with Crippen LogP contribution in [0.5, 0.6) is 0 Å². The number of carbonyl (C=O) groups is 2. The second-order valence-electron chi connectivity index (χ2n) is 8.28. The van der Waals surface area contributed by atoms with Crippen LogP contribution in [0.3, 0.4) is 0 Å². The van der Waals surface area contributed by atoms with Crippen LogP contribution in [0.25, 0.3) is 0 Å². The molecular formula is C22H31NO5S. The molecule has 0 radical (unpaired) electrons. The molecule has 0 spiro atoms. The molecule has 0 aromatic rings. The lowest BCUT2D eigenvalue weighted by Crippen LogP contribution is -2.58. The van der Waals surface area contributed by atoms with Crippen LogP contribution in [0.2, 0.25) is 0 Å². The second-order valence-corrected chi connectivity index (χ2v) is 9.27. The Morgan fingerprint density at radius 3 is 2.83 bits per heavy atom. The number of esters is 1. The monoisotopic (exact) mass is 421 g/mol. The van der Waals surface area contributed by atoms with E-state index in [1.165, 1.54) is 6.08 Å². The standard InChI is InChI=1S/C22H31NO5S/c1-15-7-5-3-4-6-8-16(2)11-20(24)27-18-12-17(10-9-15)28-22(26,13-18)19-14-29-21(25)23-19/h3-5,7,11,15,17-19,26H,6,8-10,12-14H2,1-2H3,(H,23,25)/b4-3+,7-5-,16-11-/t15-,17+,18?,19?,22-/m0/s1. The Balaban J connectivity index is 1.78. The number of rotatable bonds is 1. The predicted octanol–water partition coefficient (Wildman–Crippen LogP) is 3.86. The zero-order chi connectivity index (χ0) is 20.9. The largest absolute Gasteiger partial charge is 0.459 e. The number of fused-ring (bicyclic) bond motifs is 2. The highest BCUT2D eigenvalue weighted by molar-refractivity contribution is 8.14. The SMILES string of the molecule is C/C1=C/C(=O)OC2C[C@@H](CC[C@@H](C)/C=C\C=C\CC1)O[C@](O)(C1CSC(=O)N1)C2. The summed E-state index contributed by atoms with van der Waals surface area (Å²) in [6, 6.07) is -0.505. The lowest BCUT2D eigenvalue weighted by Gasteiger charge is -2.43. The summed E-state index contributed by atoms with van der Waals surface area (Å²) in [5, 5.41) is 13.8. The van der Waals surface area contributed by atoms with E-state index >= 15 is 0 Å². The average Bonchev–Trinajstić information content (AvgIpc) is 3.09. The molecular weight excluding hydrogens is 390 g/mol. The maximum atomic E-state index is 12.4. The van der Waals surface area contributed by atoms with Crippen molar-refractivity contribution >= 4 is 23.0 Å². The number of hydrogen-bond donors (Lipinski definition) is 2. The van der Waals surface area contributed by atoms with Gasteiger partial charge in [-0.3, -0.25) is 4.79 Å². The molecule has 2 fully saturated rings. The minimum Gasteiger partial charge on any atom is -0.459 e. The van der Waals surface area contributed by atoms with E-state index in [4.69, 9.17) is 9.47 Å². The van der Waals surface area contributed by atoms with Crippen molar-refractivity contribution in [2.24, 2.45) is 5.92 Å². The molecule has 3 aliphatic rings. The Morgan fingerprint density at radius 2 is 2.07 bits per heavy atom. The van der Waals surface area contributed by atoms with Gasteiger partial charge in [0.25, 0.3) is 5.24 Å². The van der Waals surface area contributed by atoms with Crippen molar-refractivity contribution in [2.45, 2.75) is 76.4 Å². The van der Waals surface area contributed by atoms with Crippen molar-refractivity contribution in [3.63, 3.8) is 0 Å². The molecule has 3 heterocycles. The molecule has 5 atom stereocenters. The molecule has 0 aliphatic carbocycles. The maximum Gasteiger partial charge on any atom is 0.330 e. The van der Waals surface area contributed by atoms with E-state index in [9.17, 15) is 14.7 Å². The summed E-state index contributed by atoms with van der Waals surface area (Å²) in [4.78, 5) is 24.0. The van der Waals surface area contributed by atoms with Crippen LogP contribution in [0.1, 0.15) is 52.4 Å². The topological polar surface area (TPSA) is 84.9 Å². The molecule has 2 saturated heterocycles. The Morgan fingerprint density at radius 1 is 1.24 bits per heavy atom. The summed E-state index contributed by atoms with van der Waals surface area (Å²) < 4.78 is 11.8. The van der Waals surface area contributed by atoms with Crippen molar-refractivity contribution in [1.29, 1.82) is 0 Å². The Labute approximate surface area is 176 Å². The lowest BCUT2D eigenvalue weighted by molar-refractivity contribution is -0.283. The summed E-state index contributed by atoms with van der Waals surface area (Å²) in [5.74, 6) is -1.10. The molecule has 0 aromatic carbocycles. The fourth-order valence-corrected chi connectivity index (χ4v) is 4.85. The van der Waals surface area contributed by atoms with Crippen LogP contribution in [0.4, 0.5) is 4.79 Å². The molecule has 2 bridgehead atoms. The van der Waals surface area contributed by atoms with Gasteiger partial charge in [-0.05, 0) is 38.5 Å². The molecule has 3 rings (SSSR count). The molecule has 2 unspecified atom stereocenters. The van der Waals surface area contributed by atoms with Gasteiger partial charge in [-0.1, -0.05) is 48.6 Å². The summed E-state index contributed by atoms with van der Waals surface area (Å²) in [6.45, 7) is 4.07. The van der Waals surface area contributed by atoms with E-state index in [1.807, 2.05) is 13.0 Å². The molecule has 3 aliphatic heterocycles. The van der Waals surface area contributed by atoms with Gasteiger partial charge in [-0.25, -0.2) is 4.79 Å². The number of carbonyl (C=O) groups excluding carboxylic acids is 2. The van der Waals surface area contributed by atoms with Crippen LogP contribution < -0.4 is 5.32 Å². The van der Waals surface area contributed by atoms with Crippen molar-refractivity contribution in [3.8, 4) is 0 Å². The summed E-state index contributed by atoms with van der Waals surface area (Å²) in [5.41, 5.74) is 0.961. The van der Waals surface area contributed by atoms with Crippen LogP contribution in [-0.4, -0.2) is 46.1 Å². The second kappa shape index (κ2) is 9.96. The number of ether oxygens (including phenoxy) is 2. The van der Waals surface area contributed by atoms with Crippen LogP contribution >= 0.6 is 11.8 Å². The van der Waals surface area contributed by atoms with Gasteiger partial charge in [0.1, 0.15) is 6.10 Å². The predicted molar refractivity (Wildman–Crippen MR) is 113 cm³/mol. The highest BCUT2D eigenvalue weighted by Crippen LogP contribution is 2.36. The van der Waals surface area contributed by atoms with Gasteiger partial charge < -0.3 is 19.9 Å². The minimum atomic E-state index is -1.53. The molecule has 0 aromatic heterocycles. The Bertz CT molecular complexity index is 703. The van der Waals surface area contributed by atoms with Crippen LogP contribution in [0, 0.1) is 5.92 Å². The third-order valence-electron chi connectivity index (χ3n) is 5.62. The molecule has 160 valence electrons. The molecule has 7 heteroatoms. The van der Waals surface area contributed by atoms with Crippen LogP contribution in [0.15, 0.2) is 36.0 Å². The van der Waals surface area contributed by atoms with Gasteiger partial charge in [0, 0.05) is 24.7 Å². The van der Waals surface area contributed by atoms with Gasteiger partial charge in [0.2, 0.25) is 0 Å². The van der Waals surface area contributed by atoms with E-state index in [0.29, 0.717) is 18.1 Å². The van der Waals surface area contributed by atoms with Gasteiger partial charge in [0.05, 0.1) is 12.1 Å². The number of hydrogen-bond acceptors (Lipinski definition) is 6. The first-order valence-corrected chi connectivity index (χ1v) is 11.4.